The van der Waals surface area contributed by atoms with Gasteiger partial charge in [-0.25, -0.2) is 4.21 Å². The van der Waals surface area contributed by atoms with E-state index in [1.807, 2.05) is 6.92 Å². The van der Waals surface area contributed by atoms with E-state index >= 15 is 0 Å². The summed E-state index contributed by atoms with van der Waals surface area (Å²) in [6.07, 6.45) is 4.76. The van der Waals surface area contributed by atoms with Gasteiger partial charge in [0.25, 0.3) is 0 Å². The second-order valence-corrected chi connectivity index (χ2v) is 6.55. The molecule has 4 atom stereocenters. The van der Waals surface area contributed by atoms with Gasteiger partial charge in [0.1, 0.15) is 0 Å². The van der Waals surface area contributed by atoms with E-state index < -0.39 is 11.1 Å². The van der Waals surface area contributed by atoms with E-state index in [4.69, 9.17) is 4.18 Å². The third kappa shape index (κ3) is 3.85. The molecule has 0 N–H and O–H groups in total. The van der Waals surface area contributed by atoms with E-state index in [0.717, 1.165) is 18.8 Å². The summed E-state index contributed by atoms with van der Waals surface area (Å²) in [5, 5.41) is 0. The molecule has 0 heterocycles. The van der Waals surface area contributed by atoms with E-state index in [1.54, 1.807) is 0 Å². The Balaban J connectivity index is 2.50. The summed E-state index contributed by atoms with van der Waals surface area (Å²) in [5.41, 5.74) is 0. The molecule has 16 heavy (non-hydrogen) atoms. The van der Waals surface area contributed by atoms with Crippen LogP contribution in [0.1, 0.15) is 53.4 Å². The Kier molecular flexibility index (Phi) is 5.98. The summed E-state index contributed by atoms with van der Waals surface area (Å²) in [7, 11) is 0. The van der Waals surface area contributed by atoms with Gasteiger partial charge in [-0.2, -0.15) is 0 Å². The number of hydrogen-bond acceptors (Lipinski definition) is 2. The molecule has 0 aromatic rings. The molecule has 3 heteroatoms. The van der Waals surface area contributed by atoms with Gasteiger partial charge in [-0.3, -0.25) is 4.18 Å². The van der Waals surface area contributed by atoms with Crippen molar-refractivity contribution in [2.75, 3.05) is 5.75 Å². The summed E-state index contributed by atoms with van der Waals surface area (Å²) in [6.45, 7) is 8.87. The lowest BCUT2D eigenvalue weighted by molar-refractivity contribution is 0.0539. The van der Waals surface area contributed by atoms with Gasteiger partial charge in [-0.05, 0) is 37.0 Å². The van der Waals surface area contributed by atoms with Crippen molar-refractivity contribution >= 4 is 11.1 Å². The third-order valence-electron chi connectivity index (χ3n) is 3.75. The molecule has 1 unspecified atom stereocenters. The zero-order valence-electron chi connectivity index (χ0n) is 11.1. The molecule has 0 aliphatic heterocycles. The third-order valence-corrected chi connectivity index (χ3v) is 4.95. The predicted molar refractivity (Wildman–Crippen MR) is 69.5 cm³/mol. The summed E-state index contributed by atoms with van der Waals surface area (Å²) < 4.78 is 17.3. The van der Waals surface area contributed by atoms with Crippen molar-refractivity contribution in [3.63, 3.8) is 0 Å². The van der Waals surface area contributed by atoms with Crippen LogP contribution in [0.3, 0.4) is 0 Å². The molecule has 1 fully saturated rings. The number of hydrogen-bond donors (Lipinski definition) is 0. The van der Waals surface area contributed by atoms with Crippen LogP contribution in [0.5, 0.6) is 0 Å². The Bertz CT molecular complexity index is 228. The molecule has 0 amide bonds. The molecule has 0 aromatic heterocycles. The molecule has 1 rings (SSSR count). The molecule has 1 saturated carbocycles. The first kappa shape index (κ1) is 14.2. The van der Waals surface area contributed by atoms with E-state index in [1.165, 1.54) is 12.8 Å². The molecule has 2 nitrogen and oxygen atoms in total. The highest BCUT2D eigenvalue weighted by Crippen LogP contribution is 2.36. The molecular formula is C13H26O2S. The Hall–Kier alpha value is 0.110. The molecule has 1 aliphatic carbocycles. The monoisotopic (exact) mass is 246 g/mol. The Labute approximate surface area is 103 Å². The van der Waals surface area contributed by atoms with Crippen LogP contribution in [0.15, 0.2) is 0 Å². The van der Waals surface area contributed by atoms with Gasteiger partial charge in [-0.15, -0.1) is 0 Å². The average Bonchev–Trinajstić information content (AvgIpc) is 2.21. The predicted octanol–water partition coefficient (Wildman–Crippen LogP) is 3.54. The van der Waals surface area contributed by atoms with Gasteiger partial charge >= 0.3 is 0 Å². The highest BCUT2D eigenvalue weighted by atomic mass is 32.2. The van der Waals surface area contributed by atoms with Crippen LogP contribution in [0, 0.1) is 17.8 Å². The van der Waals surface area contributed by atoms with Crippen molar-refractivity contribution in [1.29, 1.82) is 0 Å². The van der Waals surface area contributed by atoms with E-state index in [2.05, 4.69) is 20.8 Å². The second kappa shape index (κ2) is 6.75. The first-order chi connectivity index (χ1) is 7.56. The molecular weight excluding hydrogens is 220 g/mol. The second-order valence-electron chi connectivity index (χ2n) is 5.34. The van der Waals surface area contributed by atoms with E-state index in [0.29, 0.717) is 17.6 Å². The quantitative estimate of drug-likeness (QED) is 0.741. The topological polar surface area (TPSA) is 26.3 Å². The maximum atomic E-state index is 11.6. The van der Waals surface area contributed by atoms with Crippen molar-refractivity contribution in [1.82, 2.24) is 0 Å². The van der Waals surface area contributed by atoms with Crippen molar-refractivity contribution in [2.24, 2.45) is 17.8 Å². The molecule has 0 saturated heterocycles. The molecule has 0 aromatic carbocycles. The highest BCUT2D eigenvalue weighted by Gasteiger charge is 2.33. The zero-order valence-corrected chi connectivity index (χ0v) is 11.9. The van der Waals surface area contributed by atoms with Gasteiger partial charge in [0.05, 0.1) is 6.10 Å². The van der Waals surface area contributed by atoms with Crippen LogP contribution in [-0.2, 0) is 15.3 Å². The Morgan fingerprint density at radius 2 is 2.06 bits per heavy atom. The maximum absolute atomic E-state index is 11.6. The van der Waals surface area contributed by atoms with Gasteiger partial charge in [0.2, 0.25) is 0 Å². The standard InChI is InChI=1S/C13H26O2S/c1-5-9-16(14)15-13-8-6-7-12(10(2)3)11(13)4/h10-13H,5-9H2,1-4H3/t11-,12-,13-,16?/m0/s1. The normalized spacial score (nSPS) is 32.9. The van der Waals surface area contributed by atoms with Crippen LogP contribution in [-0.4, -0.2) is 16.1 Å². The highest BCUT2D eigenvalue weighted by molar-refractivity contribution is 7.80. The van der Waals surface area contributed by atoms with Gasteiger partial charge in [-0.1, -0.05) is 34.1 Å². The first-order valence-corrected chi connectivity index (χ1v) is 7.86. The first-order valence-electron chi connectivity index (χ1n) is 6.61. The molecule has 0 bridgehead atoms. The fraction of sp³-hybridized carbons (Fsp3) is 1.00. The molecule has 1 aliphatic rings. The Morgan fingerprint density at radius 1 is 1.38 bits per heavy atom. The van der Waals surface area contributed by atoms with Crippen LogP contribution in [0.25, 0.3) is 0 Å². The largest absolute Gasteiger partial charge is 0.287 e. The lowest BCUT2D eigenvalue weighted by Crippen LogP contribution is -2.35. The van der Waals surface area contributed by atoms with Crippen molar-refractivity contribution in [3.05, 3.63) is 0 Å². The SMILES string of the molecule is CCCS(=O)O[C@H]1CCC[C@@H](C(C)C)[C@@H]1C. The molecule has 0 radical (unpaired) electrons. The lowest BCUT2D eigenvalue weighted by atomic mass is 9.73. The average molecular weight is 246 g/mol. The van der Waals surface area contributed by atoms with Crippen molar-refractivity contribution in [2.45, 2.75) is 59.5 Å². The fourth-order valence-corrected chi connectivity index (χ4v) is 3.76. The smallest absolute Gasteiger partial charge is 0.155 e. The molecule has 96 valence electrons. The Morgan fingerprint density at radius 3 is 2.62 bits per heavy atom. The van der Waals surface area contributed by atoms with Crippen LogP contribution in [0.4, 0.5) is 0 Å². The molecule has 0 spiro atoms. The van der Waals surface area contributed by atoms with E-state index in [9.17, 15) is 4.21 Å². The zero-order chi connectivity index (χ0) is 12.1. The van der Waals surface area contributed by atoms with Crippen LogP contribution >= 0.6 is 0 Å². The van der Waals surface area contributed by atoms with Crippen LogP contribution in [0.2, 0.25) is 0 Å². The summed E-state index contributed by atoms with van der Waals surface area (Å²) in [6, 6.07) is 0. The number of rotatable bonds is 5. The van der Waals surface area contributed by atoms with Crippen molar-refractivity contribution < 1.29 is 8.39 Å². The summed E-state index contributed by atoms with van der Waals surface area (Å²) >= 11 is -1.07. The van der Waals surface area contributed by atoms with Crippen LogP contribution < -0.4 is 0 Å². The minimum Gasteiger partial charge on any atom is -0.287 e. The maximum Gasteiger partial charge on any atom is 0.155 e. The van der Waals surface area contributed by atoms with Gasteiger partial charge < -0.3 is 0 Å². The van der Waals surface area contributed by atoms with Gasteiger partial charge in [0, 0.05) is 5.75 Å². The van der Waals surface area contributed by atoms with Gasteiger partial charge in [0.15, 0.2) is 11.1 Å². The van der Waals surface area contributed by atoms with E-state index in [-0.39, 0.29) is 6.10 Å². The van der Waals surface area contributed by atoms with Crippen molar-refractivity contribution in [3.8, 4) is 0 Å². The fourth-order valence-electron chi connectivity index (χ4n) is 2.79. The summed E-state index contributed by atoms with van der Waals surface area (Å²) in [4.78, 5) is 0. The summed E-state index contributed by atoms with van der Waals surface area (Å²) in [5.74, 6) is 2.67. The minimum atomic E-state index is -1.07. The lowest BCUT2D eigenvalue weighted by Gasteiger charge is -2.37. The minimum absolute atomic E-state index is 0.216.